The van der Waals surface area contributed by atoms with E-state index in [-0.39, 0.29) is 23.3 Å². The predicted octanol–water partition coefficient (Wildman–Crippen LogP) is 2.73. The van der Waals surface area contributed by atoms with Gasteiger partial charge >= 0.3 is 0 Å². The van der Waals surface area contributed by atoms with Crippen molar-refractivity contribution in [3.05, 3.63) is 53.5 Å². The number of benzene rings is 1. The highest BCUT2D eigenvalue weighted by atomic mass is 19.1. The first-order valence-electron chi connectivity index (χ1n) is 7.46. The summed E-state index contributed by atoms with van der Waals surface area (Å²) in [6.45, 7) is 0.807. The first-order valence-corrected chi connectivity index (χ1v) is 7.46. The van der Waals surface area contributed by atoms with Crippen LogP contribution in [0, 0.1) is 17.1 Å². The SMILES string of the molecule is N#Cc1ccc(N2CCC[C@@H]2CC(=O)c2ccc(F)cc2)nn1. The Labute approximate surface area is 133 Å². The van der Waals surface area contributed by atoms with Gasteiger partial charge in [0.25, 0.3) is 0 Å². The minimum Gasteiger partial charge on any atom is -0.352 e. The van der Waals surface area contributed by atoms with Crippen LogP contribution in [-0.4, -0.2) is 28.6 Å². The monoisotopic (exact) mass is 310 g/mol. The molecule has 0 bridgehead atoms. The van der Waals surface area contributed by atoms with E-state index in [1.807, 2.05) is 6.07 Å². The molecule has 2 heterocycles. The highest BCUT2D eigenvalue weighted by molar-refractivity contribution is 5.96. The van der Waals surface area contributed by atoms with Gasteiger partial charge in [-0.1, -0.05) is 0 Å². The molecule has 6 heteroatoms. The van der Waals surface area contributed by atoms with E-state index in [4.69, 9.17) is 5.26 Å². The summed E-state index contributed by atoms with van der Waals surface area (Å²) in [5.74, 6) is 0.318. The van der Waals surface area contributed by atoms with Crippen molar-refractivity contribution in [1.82, 2.24) is 10.2 Å². The standard InChI is InChI=1S/C17H15FN4O/c18-13-5-3-12(4-6-13)16(23)10-15-2-1-9-22(15)17-8-7-14(11-19)20-21-17/h3-8,15H,1-2,9-10H2/t15-/m1/s1. The van der Waals surface area contributed by atoms with Crippen molar-refractivity contribution in [2.45, 2.75) is 25.3 Å². The Morgan fingerprint density at radius 3 is 2.70 bits per heavy atom. The van der Waals surface area contributed by atoms with E-state index < -0.39 is 0 Å². The average molecular weight is 310 g/mol. The fourth-order valence-electron chi connectivity index (χ4n) is 2.86. The van der Waals surface area contributed by atoms with Crippen LogP contribution >= 0.6 is 0 Å². The Morgan fingerprint density at radius 2 is 2.04 bits per heavy atom. The van der Waals surface area contributed by atoms with E-state index in [1.54, 1.807) is 12.1 Å². The van der Waals surface area contributed by atoms with Gasteiger partial charge in [0.15, 0.2) is 17.3 Å². The number of rotatable bonds is 4. The van der Waals surface area contributed by atoms with Gasteiger partial charge in [0.2, 0.25) is 0 Å². The summed E-state index contributed by atoms with van der Waals surface area (Å²) in [5.41, 5.74) is 0.788. The third-order valence-electron chi connectivity index (χ3n) is 4.02. The minimum atomic E-state index is -0.350. The van der Waals surface area contributed by atoms with Gasteiger partial charge in [0.05, 0.1) is 0 Å². The van der Waals surface area contributed by atoms with Gasteiger partial charge in [-0.3, -0.25) is 4.79 Å². The van der Waals surface area contributed by atoms with Crippen LogP contribution in [0.5, 0.6) is 0 Å². The van der Waals surface area contributed by atoms with Crippen molar-refractivity contribution in [2.24, 2.45) is 0 Å². The molecule has 1 atom stereocenters. The molecule has 1 aliphatic heterocycles. The molecule has 1 saturated heterocycles. The summed E-state index contributed by atoms with van der Waals surface area (Å²) < 4.78 is 12.9. The van der Waals surface area contributed by atoms with Crippen LogP contribution in [0.1, 0.15) is 35.3 Å². The van der Waals surface area contributed by atoms with Crippen LogP contribution < -0.4 is 4.90 Å². The molecule has 0 saturated carbocycles. The summed E-state index contributed by atoms with van der Waals surface area (Å²) >= 11 is 0. The molecule has 1 aliphatic rings. The lowest BCUT2D eigenvalue weighted by Gasteiger charge is -2.24. The molecule has 3 rings (SSSR count). The van der Waals surface area contributed by atoms with Crippen LogP contribution in [0.25, 0.3) is 0 Å². The van der Waals surface area contributed by atoms with Gasteiger partial charge in [0, 0.05) is 24.6 Å². The fraction of sp³-hybridized carbons (Fsp3) is 0.294. The molecule has 1 aromatic carbocycles. The molecule has 0 N–H and O–H groups in total. The van der Waals surface area contributed by atoms with E-state index in [2.05, 4.69) is 15.1 Å². The third kappa shape index (κ3) is 3.34. The first kappa shape index (κ1) is 15.1. The number of Topliss-reactive ketones (excluding diaryl/α,β-unsaturated/α-hetero) is 1. The van der Waals surface area contributed by atoms with Gasteiger partial charge in [-0.25, -0.2) is 4.39 Å². The normalized spacial score (nSPS) is 17.0. The number of hydrogen-bond acceptors (Lipinski definition) is 5. The van der Waals surface area contributed by atoms with Gasteiger partial charge < -0.3 is 4.90 Å². The number of carbonyl (C=O) groups excluding carboxylic acids is 1. The van der Waals surface area contributed by atoms with Crippen LogP contribution in [0.4, 0.5) is 10.2 Å². The summed E-state index contributed by atoms with van der Waals surface area (Å²) in [7, 11) is 0. The number of ketones is 1. The molecule has 116 valence electrons. The number of nitrogens with zero attached hydrogens (tertiary/aromatic N) is 4. The van der Waals surface area contributed by atoms with Crippen LogP contribution in [0.15, 0.2) is 36.4 Å². The van der Waals surface area contributed by atoms with Gasteiger partial charge in [0.1, 0.15) is 11.9 Å². The van der Waals surface area contributed by atoms with Crippen molar-refractivity contribution in [3.8, 4) is 6.07 Å². The van der Waals surface area contributed by atoms with E-state index in [1.165, 1.54) is 24.3 Å². The molecule has 0 unspecified atom stereocenters. The maximum atomic E-state index is 12.9. The van der Waals surface area contributed by atoms with Crippen molar-refractivity contribution < 1.29 is 9.18 Å². The average Bonchev–Trinajstić information content (AvgIpc) is 3.03. The van der Waals surface area contributed by atoms with E-state index in [9.17, 15) is 9.18 Å². The second kappa shape index (κ2) is 6.53. The van der Waals surface area contributed by atoms with Gasteiger partial charge in [-0.15, -0.1) is 10.2 Å². The number of hydrogen-bond donors (Lipinski definition) is 0. The zero-order chi connectivity index (χ0) is 16.2. The molecule has 2 aromatic rings. The second-order valence-corrected chi connectivity index (χ2v) is 5.51. The van der Waals surface area contributed by atoms with Crippen molar-refractivity contribution in [1.29, 1.82) is 5.26 Å². The van der Waals surface area contributed by atoms with Crippen LogP contribution in [0.3, 0.4) is 0 Å². The molecule has 0 amide bonds. The summed E-state index contributed by atoms with van der Waals surface area (Å²) in [6.07, 6.45) is 2.23. The van der Waals surface area contributed by atoms with Crippen LogP contribution in [-0.2, 0) is 0 Å². The number of halogens is 1. The van der Waals surface area contributed by atoms with E-state index in [0.29, 0.717) is 17.8 Å². The lowest BCUT2D eigenvalue weighted by molar-refractivity contribution is 0.0974. The van der Waals surface area contributed by atoms with Gasteiger partial charge in [-0.05, 0) is 49.2 Å². The molecule has 0 spiro atoms. The number of carbonyl (C=O) groups is 1. The first-order chi connectivity index (χ1) is 11.2. The van der Waals surface area contributed by atoms with Crippen molar-refractivity contribution in [3.63, 3.8) is 0 Å². The topological polar surface area (TPSA) is 69.9 Å². The molecule has 23 heavy (non-hydrogen) atoms. The van der Waals surface area contributed by atoms with Crippen molar-refractivity contribution >= 4 is 11.6 Å². The Kier molecular flexibility index (Phi) is 4.29. The fourth-order valence-corrected chi connectivity index (χ4v) is 2.86. The highest BCUT2D eigenvalue weighted by Gasteiger charge is 2.28. The van der Waals surface area contributed by atoms with Crippen LogP contribution in [0.2, 0.25) is 0 Å². The summed E-state index contributed by atoms with van der Waals surface area (Å²) in [6, 6.07) is 11.0. The third-order valence-corrected chi connectivity index (χ3v) is 4.02. The zero-order valence-electron chi connectivity index (χ0n) is 12.4. The minimum absolute atomic E-state index is 0.0106. The Balaban J connectivity index is 1.72. The lowest BCUT2D eigenvalue weighted by Crippen LogP contribution is -2.32. The van der Waals surface area contributed by atoms with Crippen molar-refractivity contribution in [2.75, 3.05) is 11.4 Å². The predicted molar refractivity (Wildman–Crippen MR) is 82.5 cm³/mol. The second-order valence-electron chi connectivity index (χ2n) is 5.51. The highest BCUT2D eigenvalue weighted by Crippen LogP contribution is 2.26. The number of aromatic nitrogens is 2. The Morgan fingerprint density at radius 1 is 1.26 bits per heavy atom. The molecule has 1 aromatic heterocycles. The largest absolute Gasteiger partial charge is 0.352 e. The quantitative estimate of drug-likeness (QED) is 0.812. The molecule has 1 fully saturated rings. The summed E-state index contributed by atoms with van der Waals surface area (Å²) in [5, 5.41) is 16.7. The smallest absolute Gasteiger partial charge is 0.164 e. The molecule has 0 aliphatic carbocycles. The number of nitriles is 1. The number of anilines is 1. The van der Waals surface area contributed by atoms with Gasteiger partial charge in [-0.2, -0.15) is 5.26 Å². The maximum Gasteiger partial charge on any atom is 0.164 e. The maximum absolute atomic E-state index is 12.9. The van der Waals surface area contributed by atoms with E-state index in [0.717, 1.165) is 19.4 Å². The zero-order valence-corrected chi connectivity index (χ0v) is 12.4. The van der Waals surface area contributed by atoms with E-state index >= 15 is 0 Å². The molecule has 0 radical (unpaired) electrons. The molecule has 5 nitrogen and oxygen atoms in total. The molecular weight excluding hydrogens is 295 g/mol. The summed E-state index contributed by atoms with van der Waals surface area (Å²) in [4.78, 5) is 14.4. The molecular formula is C17H15FN4O. The lowest BCUT2D eigenvalue weighted by atomic mass is 10.0. The Hall–Kier alpha value is -2.81. The Bertz CT molecular complexity index is 737.